The molecule has 160 valence electrons. The highest BCUT2D eigenvalue weighted by atomic mass is 32.2. The van der Waals surface area contributed by atoms with Crippen molar-refractivity contribution in [2.24, 2.45) is 0 Å². The predicted octanol–water partition coefficient (Wildman–Crippen LogP) is 3.16. The number of carbonyl (C=O) groups excluding carboxylic acids is 2. The average molecular weight is 431 g/mol. The predicted molar refractivity (Wildman–Crippen MR) is 112 cm³/mol. The lowest BCUT2D eigenvalue weighted by molar-refractivity contribution is -0.125. The minimum absolute atomic E-state index is 0.0125. The van der Waals surface area contributed by atoms with E-state index < -0.39 is 33.7 Å². The maximum absolute atomic E-state index is 13.0. The van der Waals surface area contributed by atoms with Crippen molar-refractivity contribution < 1.29 is 22.7 Å². The summed E-state index contributed by atoms with van der Waals surface area (Å²) < 4.78 is 32.9. The van der Waals surface area contributed by atoms with Crippen LogP contribution in [-0.4, -0.2) is 37.0 Å². The second-order valence-electron chi connectivity index (χ2n) is 8.38. The van der Waals surface area contributed by atoms with Gasteiger partial charge in [-0.2, -0.15) is 0 Å². The Bertz CT molecular complexity index is 1060. The Labute approximate surface area is 177 Å². The van der Waals surface area contributed by atoms with Crippen molar-refractivity contribution in [2.75, 3.05) is 0 Å². The Morgan fingerprint density at radius 3 is 2.23 bits per heavy atom. The van der Waals surface area contributed by atoms with Crippen molar-refractivity contribution in [1.29, 1.82) is 0 Å². The third-order valence-corrected chi connectivity index (χ3v) is 6.11. The Morgan fingerprint density at radius 1 is 1.03 bits per heavy atom. The Hall–Kier alpha value is -2.87. The number of ether oxygens (including phenoxy) is 1. The summed E-state index contributed by atoms with van der Waals surface area (Å²) >= 11 is 0. The van der Waals surface area contributed by atoms with Gasteiger partial charge in [-0.05, 0) is 51.0 Å². The molecule has 0 saturated heterocycles. The van der Waals surface area contributed by atoms with Crippen LogP contribution in [0.15, 0.2) is 53.4 Å². The lowest BCUT2D eigenvalue weighted by Gasteiger charge is -2.36. The van der Waals surface area contributed by atoms with Crippen LogP contribution in [0.2, 0.25) is 0 Å². The van der Waals surface area contributed by atoms with Gasteiger partial charge in [-0.15, -0.1) is 0 Å². The molecule has 1 aliphatic rings. The highest BCUT2D eigenvalue weighted by Gasteiger charge is 2.38. The zero-order valence-corrected chi connectivity index (χ0v) is 18.3. The van der Waals surface area contributed by atoms with Crippen molar-refractivity contribution >= 4 is 22.0 Å². The van der Waals surface area contributed by atoms with E-state index in [9.17, 15) is 18.0 Å². The van der Waals surface area contributed by atoms with Crippen LogP contribution in [0.25, 0.3) is 0 Å². The van der Waals surface area contributed by atoms with Crippen LogP contribution in [0.3, 0.4) is 0 Å². The topological polar surface area (TPSA) is 92.8 Å². The Morgan fingerprint density at radius 2 is 1.63 bits per heavy atom. The van der Waals surface area contributed by atoms with Gasteiger partial charge in [0.05, 0.1) is 11.4 Å². The van der Waals surface area contributed by atoms with Gasteiger partial charge < -0.3 is 4.74 Å². The van der Waals surface area contributed by atoms with Crippen molar-refractivity contribution in [3.63, 3.8) is 0 Å². The maximum Gasteiger partial charge on any atom is 0.411 e. The monoisotopic (exact) mass is 430 g/mol. The first-order chi connectivity index (χ1) is 14.0. The number of carbonyl (C=O) groups is 2. The highest BCUT2D eigenvalue weighted by Crippen LogP contribution is 2.26. The molecular formula is C22H26N2O5S. The molecule has 1 N–H and O–H groups in total. The van der Waals surface area contributed by atoms with Gasteiger partial charge in [0, 0.05) is 6.42 Å². The lowest BCUT2D eigenvalue weighted by atomic mass is 9.94. The number of hydrogen-bond donors (Lipinski definition) is 1. The highest BCUT2D eigenvalue weighted by molar-refractivity contribution is 7.90. The molecule has 2 amide bonds. The van der Waals surface area contributed by atoms with E-state index in [1.165, 1.54) is 17.0 Å². The number of nitrogens with one attached hydrogen (secondary N) is 1. The summed E-state index contributed by atoms with van der Waals surface area (Å²) in [5.74, 6) is -0.768. The molecule has 1 atom stereocenters. The normalized spacial score (nSPS) is 16.5. The molecule has 0 aliphatic carbocycles. The van der Waals surface area contributed by atoms with Crippen molar-refractivity contribution in [2.45, 2.75) is 57.2 Å². The molecular weight excluding hydrogens is 404 g/mol. The molecule has 2 aromatic carbocycles. The first kappa shape index (κ1) is 21.8. The van der Waals surface area contributed by atoms with Gasteiger partial charge in [-0.1, -0.05) is 42.0 Å². The summed E-state index contributed by atoms with van der Waals surface area (Å²) in [5, 5.41) is 0. The average Bonchev–Trinajstić information content (AvgIpc) is 2.65. The van der Waals surface area contributed by atoms with E-state index in [4.69, 9.17) is 4.74 Å². The summed E-state index contributed by atoms with van der Waals surface area (Å²) in [5.41, 5.74) is 1.95. The number of hydrogen-bond acceptors (Lipinski definition) is 5. The molecule has 30 heavy (non-hydrogen) atoms. The maximum atomic E-state index is 13.0. The zero-order chi connectivity index (χ0) is 22.1. The molecule has 2 aromatic rings. The number of fused-ring (bicyclic) bond motifs is 1. The fourth-order valence-electron chi connectivity index (χ4n) is 3.25. The Kier molecular flexibility index (Phi) is 5.90. The van der Waals surface area contributed by atoms with E-state index in [2.05, 4.69) is 4.72 Å². The van der Waals surface area contributed by atoms with Crippen molar-refractivity contribution in [3.8, 4) is 0 Å². The van der Waals surface area contributed by atoms with E-state index >= 15 is 0 Å². The van der Waals surface area contributed by atoms with E-state index in [-0.39, 0.29) is 17.9 Å². The molecule has 1 heterocycles. The molecule has 1 aliphatic heterocycles. The SMILES string of the molecule is Cc1ccc(S(=O)(=O)NC(=O)C2Cc3ccccc3CN2C(=O)OC(C)(C)C)cc1. The molecule has 7 nitrogen and oxygen atoms in total. The van der Waals surface area contributed by atoms with Crippen LogP contribution in [0.1, 0.15) is 37.5 Å². The molecule has 0 bridgehead atoms. The van der Waals surface area contributed by atoms with E-state index in [1.54, 1.807) is 32.9 Å². The number of rotatable bonds is 3. The fraction of sp³-hybridized carbons (Fsp3) is 0.364. The number of amides is 2. The van der Waals surface area contributed by atoms with Crippen molar-refractivity contribution in [1.82, 2.24) is 9.62 Å². The molecule has 0 radical (unpaired) electrons. The van der Waals surface area contributed by atoms with Gasteiger partial charge in [0.25, 0.3) is 15.9 Å². The van der Waals surface area contributed by atoms with Crippen LogP contribution in [0.4, 0.5) is 4.79 Å². The smallest absolute Gasteiger partial charge is 0.411 e. The second kappa shape index (κ2) is 8.10. The number of aryl methyl sites for hydroxylation is 1. The zero-order valence-electron chi connectivity index (χ0n) is 17.5. The van der Waals surface area contributed by atoms with Crippen LogP contribution >= 0.6 is 0 Å². The lowest BCUT2D eigenvalue weighted by Crippen LogP contribution is -2.54. The van der Waals surface area contributed by atoms with Gasteiger partial charge in [0.1, 0.15) is 11.6 Å². The van der Waals surface area contributed by atoms with Gasteiger partial charge in [-0.25, -0.2) is 17.9 Å². The minimum atomic E-state index is -4.07. The summed E-state index contributed by atoms with van der Waals surface area (Å²) in [6, 6.07) is 12.6. The van der Waals surface area contributed by atoms with Crippen molar-refractivity contribution in [3.05, 3.63) is 65.2 Å². The molecule has 1 unspecified atom stereocenters. The summed E-state index contributed by atoms with van der Waals surface area (Å²) in [7, 11) is -4.07. The van der Waals surface area contributed by atoms with Crippen LogP contribution in [-0.2, 0) is 32.5 Å². The summed E-state index contributed by atoms with van der Waals surface area (Å²) in [4.78, 5) is 27.1. The molecule has 0 spiro atoms. The number of benzene rings is 2. The third kappa shape index (κ3) is 4.99. The molecule has 0 aromatic heterocycles. The van der Waals surface area contributed by atoms with E-state index in [0.717, 1.165) is 16.7 Å². The standard InChI is InChI=1S/C22H26N2O5S/c1-15-9-11-18(12-10-15)30(27,28)23-20(25)19-13-16-7-5-6-8-17(16)14-24(19)21(26)29-22(2,3)4/h5-12,19H,13-14H2,1-4H3,(H,23,25). The van der Waals surface area contributed by atoms with Gasteiger partial charge in [0.15, 0.2) is 0 Å². The number of sulfonamides is 1. The molecule has 0 fully saturated rings. The summed E-state index contributed by atoms with van der Waals surface area (Å²) in [6.45, 7) is 7.21. The second-order valence-corrected chi connectivity index (χ2v) is 10.1. The van der Waals surface area contributed by atoms with E-state index in [1.807, 2.05) is 31.2 Å². The van der Waals surface area contributed by atoms with Gasteiger partial charge in [0.2, 0.25) is 0 Å². The molecule has 3 rings (SSSR count). The minimum Gasteiger partial charge on any atom is -0.444 e. The van der Waals surface area contributed by atoms with Gasteiger partial charge in [-0.3, -0.25) is 9.69 Å². The molecule has 8 heteroatoms. The van der Waals surface area contributed by atoms with Crippen LogP contribution in [0.5, 0.6) is 0 Å². The van der Waals surface area contributed by atoms with Crippen LogP contribution < -0.4 is 4.72 Å². The van der Waals surface area contributed by atoms with Crippen LogP contribution in [0, 0.1) is 6.92 Å². The fourth-order valence-corrected chi connectivity index (χ4v) is 4.26. The van der Waals surface area contributed by atoms with E-state index in [0.29, 0.717) is 0 Å². The Balaban J connectivity index is 1.88. The summed E-state index contributed by atoms with van der Waals surface area (Å²) in [6.07, 6.45) is -0.463. The first-order valence-corrected chi connectivity index (χ1v) is 11.1. The number of nitrogens with zero attached hydrogens (tertiary/aromatic N) is 1. The quantitative estimate of drug-likeness (QED) is 0.807. The first-order valence-electron chi connectivity index (χ1n) is 9.66. The van der Waals surface area contributed by atoms with Gasteiger partial charge >= 0.3 is 6.09 Å². The largest absolute Gasteiger partial charge is 0.444 e. The molecule has 0 saturated carbocycles. The third-order valence-electron chi connectivity index (χ3n) is 4.75.